The van der Waals surface area contributed by atoms with E-state index in [1.54, 1.807) is 0 Å². The average Bonchev–Trinajstić information content (AvgIpc) is 2.48. The van der Waals surface area contributed by atoms with Crippen molar-refractivity contribution in [3.05, 3.63) is 52.2 Å². The predicted octanol–water partition coefficient (Wildman–Crippen LogP) is 2.49. The second-order valence-electron chi connectivity index (χ2n) is 3.88. The smallest absolute Gasteiger partial charge is 0.337 e. The Morgan fingerprint density at radius 1 is 1.33 bits per heavy atom. The summed E-state index contributed by atoms with van der Waals surface area (Å²) in [6.45, 7) is 0. The minimum Gasteiger partial charge on any atom is -0.496 e. The number of rotatable bonds is 5. The lowest BCUT2D eigenvalue weighted by Gasteiger charge is -2.07. The molecule has 0 aliphatic heterocycles. The highest BCUT2D eigenvalue weighted by Gasteiger charge is 2.17. The number of benzene rings is 1. The van der Waals surface area contributed by atoms with Crippen molar-refractivity contribution in [3.8, 4) is 17.4 Å². The lowest BCUT2D eigenvalue weighted by Crippen LogP contribution is -1.98. The first-order chi connectivity index (χ1) is 10.0. The molecule has 0 spiro atoms. The van der Waals surface area contributed by atoms with E-state index in [2.05, 4.69) is 4.98 Å². The standard InChI is InChI=1S/C13H10N2O6/c1-20-9-3-4-11(10(6-9)15(18)19)21-12-5-2-8(7-14-12)13(16)17/h2-7H,1H3,(H,16,17). The third kappa shape index (κ3) is 3.24. The number of carboxylic acid groups (broad SMARTS) is 1. The molecular formula is C13H10N2O6. The van der Waals surface area contributed by atoms with Gasteiger partial charge in [0.2, 0.25) is 11.6 Å². The Kier molecular flexibility index (Phi) is 3.98. The number of aromatic carboxylic acids is 1. The maximum absolute atomic E-state index is 11.0. The number of carbonyl (C=O) groups is 1. The molecule has 0 saturated heterocycles. The molecule has 0 fully saturated rings. The number of hydrogen-bond acceptors (Lipinski definition) is 6. The van der Waals surface area contributed by atoms with Crippen molar-refractivity contribution < 1.29 is 24.3 Å². The highest BCUT2D eigenvalue weighted by Crippen LogP contribution is 2.33. The largest absolute Gasteiger partial charge is 0.496 e. The summed E-state index contributed by atoms with van der Waals surface area (Å²) in [6.07, 6.45) is 1.10. The normalized spacial score (nSPS) is 9.95. The Labute approximate surface area is 118 Å². The number of nitrogens with zero attached hydrogens (tertiary/aromatic N) is 2. The zero-order chi connectivity index (χ0) is 15.4. The first-order valence-electron chi connectivity index (χ1n) is 5.71. The van der Waals surface area contributed by atoms with Crippen molar-refractivity contribution in [3.63, 3.8) is 0 Å². The van der Waals surface area contributed by atoms with Crippen molar-refractivity contribution in [2.24, 2.45) is 0 Å². The van der Waals surface area contributed by atoms with Crippen LogP contribution in [-0.4, -0.2) is 28.1 Å². The van der Waals surface area contributed by atoms with E-state index in [9.17, 15) is 14.9 Å². The van der Waals surface area contributed by atoms with Crippen molar-refractivity contribution in [2.75, 3.05) is 7.11 Å². The van der Waals surface area contributed by atoms with Gasteiger partial charge in [0.1, 0.15) is 5.75 Å². The van der Waals surface area contributed by atoms with E-state index in [1.807, 2.05) is 0 Å². The molecule has 1 aromatic carbocycles. The van der Waals surface area contributed by atoms with Gasteiger partial charge in [-0.1, -0.05) is 0 Å². The fourth-order valence-electron chi connectivity index (χ4n) is 1.53. The first kappa shape index (κ1) is 14.3. The predicted molar refractivity (Wildman–Crippen MR) is 70.9 cm³/mol. The fraction of sp³-hybridized carbons (Fsp3) is 0.0769. The molecule has 0 amide bonds. The monoisotopic (exact) mass is 290 g/mol. The van der Waals surface area contributed by atoms with Gasteiger partial charge in [-0.15, -0.1) is 0 Å². The lowest BCUT2D eigenvalue weighted by molar-refractivity contribution is -0.385. The van der Waals surface area contributed by atoms with Gasteiger partial charge in [-0.2, -0.15) is 0 Å². The molecule has 0 saturated carbocycles. The van der Waals surface area contributed by atoms with Gasteiger partial charge in [0.05, 0.1) is 23.7 Å². The summed E-state index contributed by atoms with van der Waals surface area (Å²) < 4.78 is 10.2. The molecule has 0 radical (unpaired) electrons. The number of methoxy groups -OCH3 is 1. The van der Waals surface area contributed by atoms with Crippen LogP contribution in [0.25, 0.3) is 0 Å². The molecule has 2 aromatic rings. The van der Waals surface area contributed by atoms with E-state index in [-0.39, 0.29) is 22.9 Å². The van der Waals surface area contributed by atoms with Crippen molar-refractivity contribution in [1.82, 2.24) is 4.98 Å². The van der Waals surface area contributed by atoms with Gasteiger partial charge in [-0.3, -0.25) is 10.1 Å². The van der Waals surface area contributed by atoms with Gasteiger partial charge < -0.3 is 14.6 Å². The van der Waals surface area contributed by atoms with Crippen LogP contribution < -0.4 is 9.47 Å². The first-order valence-corrected chi connectivity index (χ1v) is 5.71. The molecule has 1 heterocycles. The summed E-state index contributed by atoms with van der Waals surface area (Å²) in [6, 6.07) is 6.72. The average molecular weight is 290 g/mol. The summed E-state index contributed by atoms with van der Waals surface area (Å²) in [5.41, 5.74) is -0.287. The van der Waals surface area contributed by atoms with Crippen LogP contribution in [0.5, 0.6) is 17.4 Å². The van der Waals surface area contributed by atoms with E-state index in [0.717, 1.165) is 6.20 Å². The molecule has 0 aliphatic carbocycles. The topological polar surface area (TPSA) is 112 Å². The number of nitro groups is 1. The number of hydrogen-bond donors (Lipinski definition) is 1. The minimum atomic E-state index is -1.12. The third-order valence-corrected chi connectivity index (χ3v) is 2.56. The Hall–Kier alpha value is -3.16. The molecule has 0 aliphatic rings. The third-order valence-electron chi connectivity index (χ3n) is 2.56. The van der Waals surface area contributed by atoms with Gasteiger partial charge in [0.15, 0.2) is 0 Å². The van der Waals surface area contributed by atoms with Gasteiger partial charge >= 0.3 is 11.7 Å². The highest BCUT2D eigenvalue weighted by atomic mass is 16.6. The summed E-state index contributed by atoms with van der Waals surface area (Å²) in [5, 5.41) is 19.8. The maximum Gasteiger partial charge on any atom is 0.337 e. The van der Waals surface area contributed by atoms with Gasteiger partial charge in [0.25, 0.3) is 0 Å². The number of nitro benzene ring substituents is 1. The van der Waals surface area contributed by atoms with E-state index in [4.69, 9.17) is 14.6 Å². The van der Waals surface area contributed by atoms with Crippen LogP contribution in [0.2, 0.25) is 0 Å². The van der Waals surface area contributed by atoms with Crippen LogP contribution in [0, 0.1) is 10.1 Å². The fourth-order valence-corrected chi connectivity index (χ4v) is 1.53. The van der Waals surface area contributed by atoms with E-state index >= 15 is 0 Å². The quantitative estimate of drug-likeness (QED) is 0.664. The van der Waals surface area contributed by atoms with Gasteiger partial charge in [-0.25, -0.2) is 9.78 Å². The summed E-state index contributed by atoms with van der Waals surface area (Å²) in [5.74, 6) is -0.766. The SMILES string of the molecule is COc1ccc(Oc2ccc(C(=O)O)cn2)c([N+](=O)[O-])c1. The van der Waals surface area contributed by atoms with E-state index < -0.39 is 10.9 Å². The number of carboxylic acids is 1. The molecule has 0 bridgehead atoms. The zero-order valence-corrected chi connectivity index (χ0v) is 10.8. The van der Waals surface area contributed by atoms with E-state index in [1.165, 1.54) is 37.4 Å². The van der Waals surface area contributed by atoms with Crippen molar-refractivity contribution >= 4 is 11.7 Å². The molecule has 0 unspecified atom stereocenters. The Bertz CT molecular complexity index is 684. The summed E-state index contributed by atoms with van der Waals surface area (Å²) in [4.78, 5) is 24.9. The second-order valence-corrected chi connectivity index (χ2v) is 3.88. The molecule has 8 nitrogen and oxygen atoms in total. The molecule has 108 valence electrons. The maximum atomic E-state index is 11.0. The number of pyridine rings is 1. The van der Waals surface area contributed by atoms with Crippen LogP contribution in [0.1, 0.15) is 10.4 Å². The summed E-state index contributed by atoms with van der Waals surface area (Å²) >= 11 is 0. The Morgan fingerprint density at radius 2 is 2.10 bits per heavy atom. The van der Waals surface area contributed by atoms with Crippen LogP contribution in [-0.2, 0) is 0 Å². The second kappa shape index (κ2) is 5.87. The number of aromatic nitrogens is 1. The molecular weight excluding hydrogens is 280 g/mol. The van der Waals surface area contributed by atoms with E-state index in [0.29, 0.717) is 5.75 Å². The minimum absolute atomic E-state index is 0.00780. The molecule has 1 N–H and O–H groups in total. The highest BCUT2D eigenvalue weighted by molar-refractivity contribution is 5.87. The molecule has 21 heavy (non-hydrogen) atoms. The van der Waals surface area contributed by atoms with Crippen LogP contribution in [0.15, 0.2) is 36.5 Å². The lowest BCUT2D eigenvalue weighted by atomic mass is 10.2. The molecule has 1 aromatic heterocycles. The van der Waals surface area contributed by atoms with Crippen LogP contribution in [0.4, 0.5) is 5.69 Å². The molecule has 8 heteroatoms. The Balaban J connectivity index is 2.30. The van der Waals surface area contributed by atoms with Crippen LogP contribution in [0.3, 0.4) is 0 Å². The summed E-state index contributed by atoms with van der Waals surface area (Å²) in [7, 11) is 1.39. The van der Waals surface area contributed by atoms with Crippen LogP contribution >= 0.6 is 0 Å². The molecule has 2 rings (SSSR count). The molecule has 0 atom stereocenters. The van der Waals surface area contributed by atoms with Crippen molar-refractivity contribution in [2.45, 2.75) is 0 Å². The number of ether oxygens (including phenoxy) is 2. The zero-order valence-electron chi connectivity index (χ0n) is 10.8. The van der Waals surface area contributed by atoms with Gasteiger partial charge in [0, 0.05) is 12.3 Å². The van der Waals surface area contributed by atoms with Gasteiger partial charge in [-0.05, 0) is 18.2 Å². The Morgan fingerprint density at radius 3 is 2.62 bits per heavy atom. The van der Waals surface area contributed by atoms with Crippen molar-refractivity contribution in [1.29, 1.82) is 0 Å².